The maximum absolute atomic E-state index is 13.8. The lowest BCUT2D eigenvalue weighted by atomic mass is 10.0. The van der Waals surface area contributed by atoms with Crippen LogP contribution < -0.4 is 5.69 Å². The minimum absolute atomic E-state index is 0.0593. The van der Waals surface area contributed by atoms with Gasteiger partial charge < -0.3 is 4.74 Å². The molecule has 5 heteroatoms. The van der Waals surface area contributed by atoms with Crippen LogP contribution >= 0.6 is 0 Å². The zero-order valence-electron chi connectivity index (χ0n) is 18.6. The van der Waals surface area contributed by atoms with E-state index in [1.807, 2.05) is 21.3 Å². The molecule has 0 fully saturated rings. The summed E-state index contributed by atoms with van der Waals surface area (Å²) in [5, 5.41) is 0. The highest BCUT2D eigenvalue weighted by Crippen LogP contribution is 2.25. The third-order valence-corrected chi connectivity index (χ3v) is 5.93. The highest BCUT2D eigenvalue weighted by molar-refractivity contribution is 5.72. The molecule has 31 heavy (non-hydrogen) atoms. The average molecular weight is 416 g/mol. The van der Waals surface area contributed by atoms with E-state index < -0.39 is 0 Å². The lowest BCUT2D eigenvalue weighted by molar-refractivity contribution is 0.154. The van der Waals surface area contributed by atoms with Crippen molar-refractivity contribution >= 4 is 11.2 Å². The number of nitrogens with zero attached hydrogens (tertiary/aromatic N) is 3. The van der Waals surface area contributed by atoms with Crippen molar-refractivity contribution in [3.05, 3.63) is 99.6 Å². The molecule has 0 amide bonds. The fourth-order valence-electron chi connectivity index (χ4n) is 4.18. The minimum atomic E-state index is -0.149. The summed E-state index contributed by atoms with van der Waals surface area (Å²) >= 11 is 0. The second-order valence-electron chi connectivity index (χ2n) is 8.25. The standard InChI is InChI=1S/C26H29N3O2/c1-18-7-11-21(12-8-18)16-23(17-31-4)29-25-24(6-5-15-27-25)28(26(29)30)20(3)22-13-9-19(2)10-14-22/h5-15,20,23H,16-17H2,1-4H3. The molecule has 0 N–H and O–H groups in total. The average Bonchev–Trinajstić information content (AvgIpc) is 3.06. The van der Waals surface area contributed by atoms with E-state index in [1.54, 1.807) is 13.3 Å². The van der Waals surface area contributed by atoms with Gasteiger partial charge in [0.05, 0.1) is 24.2 Å². The number of benzene rings is 2. The molecule has 2 aromatic carbocycles. The predicted octanol–water partition coefficient (Wildman–Crippen LogP) is 4.85. The molecule has 0 saturated carbocycles. The summed E-state index contributed by atoms with van der Waals surface area (Å²) in [4.78, 5) is 18.4. The summed E-state index contributed by atoms with van der Waals surface area (Å²) in [7, 11) is 1.68. The number of rotatable bonds is 7. The number of methoxy groups -OCH3 is 1. The summed E-state index contributed by atoms with van der Waals surface area (Å²) in [5.74, 6) is 0. The molecule has 0 aliphatic heterocycles. The molecular weight excluding hydrogens is 386 g/mol. The van der Waals surface area contributed by atoms with Crippen molar-refractivity contribution in [1.82, 2.24) is 14.1 Å². The van der Waals surface area contributed by atoms with Crippen molar-refractivity contribution in [3.63, 3.8) is 0 Å². The molecular formula is C26H29N3O2. The predicted molar refractivity (Wildman–Crippen MR) is 125 cm³/mol. The second kappa shape index (κ2) is 8.90. The van der Waals surface area contributed by atoms with Gasteiger partial charge in [-0.05, 0) is 50.5 Å². The first kappa shape index (κ1) is 21.1. The van der Waals surface area contributed by atoms with Gasteiger partial charge in [0.15, 0.2) is 5.65 Å². The summed E-state index contributed by atoms with van der Waals surface area (Å²) in [5.41, 5.74) is 6.16. The van der Waals surface area contributed by atoms with Gasteiger partial charge in [-0.15, -0.1) is 0 Å². The van der Waals surface area contributed by atoms with Crippen molar-refractivity contribution in [2.45, 2.75) is 39.3 Å². The van der Waals surface area contributed by atoms with E-state index in [0.29, 0.717) is 18.7 Å². The van der Waals surface area contributed by atoms with Gasteiger partial charge in [-0.1, -0.05) is 59.7 Å². The van der Waals surface area contributed by atoms with Crippen LogP contribution in [0, 0.1) is 13.8 Å². The monoisotopic (exact) mass is 415 g/mol. The molecule has 5 nitrogen and oxygen atoms in total. The van der Waals surface area contributed by atoms with Gasteiger partial charge in [0.1, 0.15) is 0 Å². The molecule has 0 radical (unpaired) electrons. The van der Waals surface area contributed by atoms with Gasteiger partial charge in [0.25, 0.3) is 0 Å². The summed E-state index contributed by atoms with van der Waals surface area (Å²) in [6.45, 7) is 6.64. The van der Waals surface area contributed by atoms with Crippen molar-refractivity contribution in [2.24, 2.45) is 0 Å². The number of ether oxygens (including phenoxy) is 1. The third kappa shape index (κ3) is 4.19. The Morgan fingerprint density at radius 2 is 1.58 bits per heavy atom. The van der Waals surface area contributed by atoms with Gasteiger partial charge in [-0.3, -0.25) is 9.13 Å². The zero-order valence-corrected chi connectivity index (χ0v) is 18.6. The summed E-state index contributed by atoms with van der Waals surface area (Å²) in [6, 6.07) is 20.4. The van der Waals surface area contributed by atoms with Crippen LogP contribution in [0.15, 0.2) is 71.7 Å². The molecule has 4 aromatic rings. The minimum Gasteiger partial charge on any atom is -0.383 e. The lowest BCUT2D eigenvalue weighted by Crippen LogP contribution is -2.32. The van der Waals surface area contributed by atoms with E-state index in [2.05, 4.69) is 74.3 Å². The molecule has 4 rings (SSSR count). The molecule has 0 saturated heterocycles. The number of aryl methyl sites for hydroxylation is 2. The zero-order chi connectivity index (χ0) is 22.0. The fourth-order valence-corrected chi connectivity index (χ4v) is 4.18. The first-order valence-electron chi connectivity index (χ1n) is 10.7. The Balaban J connectivity index is 1.83. The van der Waals surface area contributed by atoms with Gasteiger partial charge in [-0.2, -0.15) is 0 Å². The van der Waals surface area contributed by atoms with Crippen molar-refractivity contribution < 1.29 is 4.74 Å². The van der Waals surface area contributed by atoms with Crippen molar-refractivity contribution in [2.75, 3.05) is 13.7 Å². The number of aromatic nitrogens is 3. The topological polar surface area (TPSA) is 49.0 Å². The van der Waals surface area contributed by atoms with Gasteiger partial charge in [-0.25, -0.2) is 9.78 Å². The van der Waals surface area contributed by atoms with E-state index >= 15 is 0 Å². The Hall–Kier alpha value is -3.18. The second-order valence-corrected chi connectivity index (χ2v) is 8.25. The Labute approximate surface area is 182 Å². The van der Waals surface area contributed by atoms with Crippen molar-refractivity contribution in [1.29, 1.82) is 0 Å². The smallest absolute Gasteiger partial charge is 0.331 e. The first-order chi connectivity index (χ1) is 15.0. The van der Waals surface area contributed by atoms with Crippen LogP contribution in [0.5, 0.6) is 0 Å². The Morgan fingerprint density at radius 1 is 0.935 bits per heavy atom. The largest absolute Gasteiger partial charge is 0.383 e. The van der Waals surface area contributed by atoms with E-state index in [4.69, 9.17) is 4.74 Å². The van der Waals surface area contributed by atoms with Crippen LogP contribution in [0.2, 0.25) is 0 Å². The van der Waals surface area contributed by atoms with Crippen molar-refractivity contribution in [3.8, 4) is 0 Å². The molecule has 0 bridgehead atoms. The quantitative estimate of drug-likeness (QED) is 0.433. The lowest BCUT2D eigenvalue weighted by Gasteiger charge is -2.18. The van der Waals surface area contributed by atoms with Crippen LogP contribution in [0.1, 0.15) is 41.3 Å². The van der Waals surface area contributed by atoms with E-state index in [0.717, 1.165) is 11.1 Å². The highest BCUT2D eigenvalue weighted by Gasteiger charge is 2.24. The SMILES string of the molecule is COCC(Cc1ccc(C)cc1)n1c(=O)n(C(C)c2ccc(C)cc2)c2cccnc21. The molecule has 2 aromatic heterocycles. The number of pyridine rings is 1. The molecule has 2 atom stereocenters. The molecule has 160 valence electrons. The van der Waals surface area contributed by atoms with Gasteiger partial charge >= 0.3 is 5.69 Å². The van der Waals surface area contributed by atoms with E-state index in [1.165, 1.54) is 16.7 Å². The summed E-state index contributed by atoms with van der Waals surface area (Å²) < 4.78 is 9.19. The van der Waals surface area contributed by atoms with Gasteiger partial charge in [0.2, 0.25) is 0 Å². The summed E-state index contributed by atoms with van der Waals surface area (Å²) in [6.07, 6.45) is 2.44. The molecule has 0 aliphatic carbocycles. The third-order valence-electron chi connectivity index (χ3n) is 5.93. The fraction of sp³-hybridized carbons (Fsp3) is 0.308. The normalized spacial score (nSPS) is 13.4. The molecule has 0 spiro atoms. The van der Waals surface area contributed by atoms with Crippen LogP contribution in [0.3, 0.4) is 0 Å². The Bertz CT molecular complexity index is 1220. The first-order valence-corrected chi connectivity index (χ1v) is 10.7. The highest BCUT2D eigenvalue weighted by atomic mass is 16.5. The van der Waals surface area contributed by atoms with E-state index in [-0.39, 0.29) is 17.8 Å². The van der Waals surface area contributed by atoms with Crippen LogP contribution in [0.4, 0.5) is 0 Å². The van der Waals surface area contributed by atoms with Gasteiger partial charge in [0, 0.05) is 13.3 Å². The maximum Gasteiger partial charge on any atom is 0.331 e. The van der Waals surface area contributed by atoms with Crippen LogP contribution in [0.25, 0.3) is 11.2 Å². The molecule has 2 unspecified atom stereocenters. The van der Waals surface area contributed by atoms with Crippen LogP contribution in [-0.4, -0.2) is 27.8 Å². The Kier molecular flexibility index (Phi) is 6.05. The van der Waals surface area contributed by atoms with E-state index in [9.17, 15) is 4.79 Å². The number of fused-ring (bicyclic) bond motifs is 1. The Morgan fingerprint density at radius 3 is 2.23 bits per heavy atom. The number of hydrogen-bond acceptors (Lipinski definition) is 3. The van der Waals surface area contributed by atoms with Crippen LogP contribution in [-0.2, 0) is 11.2 Å². The number of imidazole rings is 1. The molecule has 0 aliphatic rings. The maximum atomic E-state index is 13.8. The molecule has 2 heterocycles. The number of hydrogen-bond donors (Lipinski definition) is 0.